The van der Waals surface area contributed by atoms with E-state index in [-0.39, 0.29) is 22.7 Å². The number of esters is 1. The molecule has 2 aromatic carbocycles. The summed E-state index contributed by atoms with van der Waals surface area (Å²) in [7, 11) is 0. The van der Waals surface area contributed by atoms with E-state index in [2.05, 4.69) is 0 Å². The maximum absolute atomic E-state index is 12.5. The fourth-order valence-corrected chi connectivity index (χ4v) is 2.34. The zero-order valence-corrected chi connectivity index (χ0v) is 17.7. The van der Waals surface area contributed by atoms with Crippen LogP contribution >= 0.6 is 11.6 Å². The van der Waals surface area contributed by atoms with Gasteiger partial charge in [-0.3, -0.25) is 9.59 Å². The molecule has 2 aromatic rings. The summed E-state index contributed by atoms with van der Waals surface area (Å²) in [5.74, 6) is 0.654. The van der Waals surface area contributed by atoms with Gasteiger partial charge in [-0.1, -0.05) is 37.6 Å². The molecule has 0 aromatic heterocycles. The van der Waals surface area contributed by atoms with Crippen molar-refractivity contribution >= 4 is 23.9 Å². The summed E-state index contributed by atoms with van der Waals surface area (Å²) in [5.41, 5.74) is -0.456. The molecule has 1 aliphatic carbocycles. The molecule has 0 amide bonds. The van der Waals surface area contributed by atoms with E-state index < -0.39 is 11.7 Å². The third-order valence-electron chi connectivity index (χ3n) is 3.68. The molecule has 1 saturated carbocycles. The van der Waals surface area contributed by atoms with Crippen LogP contribution in [-0.2, 0) is 15.7 Å². The highest BCUT2D eigenvalue weighted by Gasteiger charge is 2.31. The first-order valence-corrected chi connectivity index (χ1v) is 9.89. The fourth-order valence-electron chi connectivity index (χ4n) is 2.12. The summed E-state index contributed by atoms with van der Waals surface area (Å²) in [6.45, 7) is 6.36. The smallest absolute Gasteiger partial charge is 0.416 e. The molecule has 0 radical (unpaired) electrons. The van der Waals surface area contributed by atoms with Crippen LogP contribution < -0.4 is 4.74 Å². The molecule has 1 fully saturated rings. The normalized spacial score (nSPS) is 12.5. The number of hydrogen-bond acceptors (Lipinski definition) is 4. The Hall–Kier alpha value is -2.54. The molecule has 4 nitrogen and oxygen atoms in total. The van der Waals surface area contributed by atoms with Crippen LogP contribution in [0.3, 0.4) is 0 Å². The van der Waals surface area contributed by atoms with Gasteiger partial charge in [0, 0.05) is 5.56 Å². The largest absolute Gasteiger partial charge is 0.466 e. The number of halogens is 4. The van der Waals surface area contributed by atoms with Crippen molar-refractivity contribution in [2.24, 2.45) is 5.92 Å². The molecular weight excluding hydrogens is 421 g/mol. The van der Waals surface area contributed by atoms with E-state index in [1.54, 1.807) is 18.2 Å². The number of carbonyl (C=O) groups is 2. The summed E-state index contributed by atoms with van der Waals surface area (Å²) in [4.78, 5) is 21.2. The Labute approximate surface area is 178 Å². The quantitative estimate of drug-likeness (QED) is 0.370. The van der Waals surface area contributed by atoms with Gasteiger partial charge in [-0.15, -0.1) is 0 Å². The number of rotatable bonds is 5. The van der Waals surface area contributed by atoms with Crippen molar-refractivity contribution in [3.63, 3.8) is 0 Å². The first-order chi connectivity index (χ1) is 14.2. The molecule has 0 heterocycles. The number of carbonyl (C=O) groups excluding carboxylic acids is 2. The van der Waals surface area contributed by atoms with Crippen molar-refractivity contribution in [2.45, 2.75) is 39.8 Å². The van der Waals surface area contributed by atoms with E-state index >= 15 is 0 Å². The molecule has 0 aliphatic heterocycles. The highest BCUT2D eigenvalue weighted by molar-refractivity contribution is 6.32. The number of benzene rings is 2. The van der Waals surface area contributed by atoms with Crippen LogP contribution in [0.2, 0.25) is 5.02 Å². The van der Waals surface area contributed by atoms with Crippen LogP contribution in [0.5, 0.6) is 11.5 Å². The molecular formula is C22H24ClF3O4. The van der Waals surface area contributed by atoms with Crippen LogP contribution in [0, 0.1) is 5.92 Å². The lowest BCUT2D eigenvalue weighted by molar-refractivity contribution is -0.144. The van der Waals surface area contributed by atoms with Crippen molar-refractivity contribution in [1.82, 2.24) is 0 Å². The van der Waals surface area contributed by atoms with E-state index in [4.69, 9.17) is 21.1 Å². The number of hydrogen-bond donors (Lipinski definition) is 0. The summed E-state index contributed by atoms with van der Waals surface area (Å²) < 4.78 is 47.5. The molecule has 0 bridgehead atoms. The maximum atomic E-state index is 12.5. The number of aldehydes is 1. The number of ether oxygens (including phenoxy) is 2. The minimum absolute atomic E-state index is 0.00694. The molecule has 0 unspecified atom stereocenters. The standard InChI is InChI=1S/C14H8ClF3O2.C6H10O2.C2H6/c15-12-7-10(14(16,17)18)4-5-13(12)20-11-3-1-2-9(6-11)8-19;1-2-8-6(7)5-3-4-5;1-2/h1-8H;5H,2-4H2,1H3;1-2H3. The second kappa shape index (κ2) is 12.2. The van der Waals surface area contributed by atoms with Gasteiger partial charge in [0.25, 0.3) is 0 Å². The van der Waals surface area contributed by atoms with Crippen molar-refractivity contribution in [3.05, 3.63) is 58.6 Å². The predicted molar refractivity (Wildman–Crippen MR) is 109 cm³/mol. The zero-order valence-electron chi connectivity index (χ0n) is 17.0. The lowest BCUT2D eigenvalue weighted by atomic mass is 10.2. The molecule has 0 saturated heterocycles. The Kier molecular flexibility index (Phi) is 10.4. The Bertz CT molecular complexity index is 833. The lowest BCUT2D eigenvalue weighted by Crippen LogP contribution is -2.04. The minimum atomic E-state index is -4.46. The average Bonchev–Trinajstić information content (AvgIpc) is 3.57. The average molecular weight is 445 g/mol. The molecule has 30 heavy (non-hydrogen) atoms. The monoisotopic (exact) mass is 444 g/mol. The third kappa shape index (κ3) is 8.45. The number of alkyl halides is 3. The van der Waals surface area contributed by atoms with E-state index in [9.17, 15) is 22.8 Å². The molecule has 3 rings (SSSR count). The highest BCUT2D eigenvalue weighted by Crippen LogP contribution is 2.36. The van der Waals surface area contributed by atoms with Gasteiger partial charge in [-0.25, -0.2) is 0 Å². The first kappa shape index (κ1) is 25.5. The third-order valence-corrected chi connectivity index (χ3v) is 3.97. The maximum Gasteiger partial charge on any atom is 0.416 e. The molecule has 0 atom stereocenters. The van der Waals surface area contributed by atoms with Crippen LogP contribution in [0.15, 0.2) is 42.5 Å². The Balaban J connectivity index is 0.000000375. The summed E-state index contributed by atoms with van der Waals surface area (Å²) in [6, 6.07) is 9.01. The van der Waals surface area contributed by atoms with E-state index in [1.165, 1.54) is 6.07 Å². The van der Waals surface area contributed by atoms with Crippen molar-refractivity contribution in [2.75, 3.05) is 6.61 Å². The highest BCUT2D eigenvalue weighted by atomic mass is 35.5. The summed E-state index contributed by atoms with van der Waals surface area (Å²) >= 11 is 5.76. The van der Waals surface area contributed by atoms with Gasteiger partial charge < -0.3 is 9.47 Å². The van der Waals surface area contributed by atoms with Crippen LogP contribution in [0.1, 0.15) is 49.5 Å². The molecule has 164 valence electrons. The second-order valence-corrected chi connectivity index (χ2v) is 6.37. The zero-order chi connectivity index (χ0) is 22.7. The van der Waals surface area contributed by atoms with Gasteiger partial charge in [0.2, 0.25) is 0 Å². The van der Waals surface area contributed by atoms with Crippen LogP contribution in [0.25, 0.3) is 0 Å². The topological polar surface area (TPSA) is 52.6 Å². The SMILES string of the molecule is CC.CCOC(=O)C1CC1.O=Cc1cccc(Oc2ccc(C(F)(F)F)cc2Cl)c1. The van der Waals surface area contributed by atoms with Gasteiger partial charge in [0.05, 0.1) is 23.1 Å². The van der Waals surface area contributed by atoms with E-state index in [0.717, 1.165) is 31.0 Å². The molecule has 0 N–H and O–H groups in total. The van der Waals surface area contributed by atoms with Crippen LogP contribution in [-0.4, -0.2) is 18.9 Å². The Morgan fingerprint density at radius 2 is 1.83 bits per heavy atom. The van der Waals surface area contributed by atoms with Gasteiger partial charge in [-0.05, 0) is 50.1 Å². The van der Waals surface area contributed by atoms with Crippen molar-refractivity contribution in [3.8, 4) is 11.5 Å². The fraction of sp³-hybridized carbons (Fsp3) is 0.364. The van der Waals surface area contributed by atoms with Gasteiger partial charge in [-0.2, -0.15) is 13.2 Å². The summed E-state index contributed by atoms with van der Waals surface area (Å²) in [6.07, 6.45) is -1.74. The second-order valence-electron chi connectivity index (χ2n) is 5.96. The molecule has 8 heteroatoms. The Morgan fingerprint density at radius 1 is 1.17 bits per heavy atom. The van der Waals surface area contributed by atoms with Crippen molar-refractivity contribution < 1.29 is 32.2 Å². The first-order valence-electron chi connectivity index (χ1n) is 9.51. The molecule has 0 spiro atoms. The van der Waals surface area contributed by atoms with Gasteiger partial charge in [0.15, 0.2) is 0 Å². The van der Waals surface area contributed by atoms with Gasteiger partial charge >= 0.3 is 12.1 Å². The van der Waals surface area contributed by atoms with Crippen molar-refractivity contribution in [1.29, 1.82) is 0 Å². The van der Waals surface area contributed by atoms with Gasteiger partial charge in [0.1, 0.15) is 17.8 Å². The van der Waals surface area contributed by atoms with Crippen LogP contribution in [0.4, 0.5) is 13.2 Å². The Morgan fingerprint density at radius 3 is 2.33 bits per heavy atom. The van der Waals surface area contributed by atoms with E-state index in [1.807, 2.05) is 20.8 Å². The molecule has 1 aliphatic rings. The minimum Gasteiger partial charge on any atom is -0.466 e. The predicted octanol–water partition coefficient (Wildman–Crippen LogP) is 6.95. The van der Waals surface area contributed by atoms with E-state index in [0.29, 0.717) is 24.2 Å². The lowest BCUT2D eigenvalue weighted by Gasteiger charge is -2.11. The summed E-state index contributed by atoms with van der Waals surface area (Å²) in [5, 5.41) is -0.156.